The molecule has 2 rings (SSSR count). The summed E-state index contributed by atoms with van der Waals surface area (Å²) in [5.74, 6) is -0.138. The molecule has 1 fully saturated rings. The second-order valence-electron chi connectivity index (χ2n) is 4.43. The second-order valence-corrected chi connectivity index (χ2v) is 4.43. The van der Waals surface area contributed by atoms with Crippen LogP contribution in [-0.4, -0.2) is 25.3 Å². The summed E-state index contributed by atoms with van der Waals surface area (Å²) in [4.78, 5) is 11.4. The number of benzene rings is 1. The first-order chi connectivity index (χ1) is 8.28. The van der Waals surface area contributed by atoms with E-state index in [9.17, 15) is 4.79 Å². The average Bonchev–Trinajstić information content (AvgIpc) is 2.37. The minimum absolute atomic E-state index is 0.00130. The van der Waals surface area contributed by atoms with Crippen molar-refractivity contribution in [1.29, 1.82) is 0 Å². The molecule has 0 amide bonds. The van der Waals surface area contributed by atoms with E-state index >= 15 is 0 Å². The van der Waals surface area contributed by atoms with Crippen LogP contribution in [0.4, 0.5) is 0 Å². The van der Waals surface area contributed by atoms with Crippen LogP contribution in [0.3, 0.4) is 0 Å². The van der Waals surface area contributed by atoms with E-state index in [2.05, 4.69) is 12.1 Å². The van der Waals surface area contributed by atoms with Gasteiger partial charge in [0.25, 0.3) is 0 Å². The van der Waals surface area contributed by atoms with Gasteiger partial charge in [0.1, 0.15) is 6.10 Å². The second kappa shape index (κ2) is 5.82. The first-order valence-electron chi connectivity index (χ1n) is 6.04. The molecule has 0 aliphatic carbocycles. The number of hydrogen-bond acceptors (Lipinski definition) is 3. The van der Waals surface area contributed by atoms with Crippen molar-refractivity contribution in [2.24, 2.45) is 0 Å². The Morgan fingerprint density at radius 3 is 2.82 bits per heavy atom. The molecular formula is C14H18O3. The lowest BCUT2D eigenvalue weighted by molar-refractivity contribution is -0.161. The molecule has 0 bridgehead atoms. The molecule has 17 heavy (non-hydrogen) atoms. The fourth-order valence-corrected chi connectivity index (χ4v) is 2.17. The van der Waals surface area contributed by atoms with Crippen molar-refractivity contribution in [1.82, 2.24) is 0 Å². The lowest BCUT2D eigenvalue weighted by atomic mass is 9.99. The van der Waals surface area contributed by atoms with E-state index in [-0.39, 0.29) is 18.2 Å². The van der Waals surface area contributed by atoms with E-state index < -0.39 is 0 Å². The molecule has 1 aliphatic rings. The number of carbonyl (C=O) groups excluding carboxylic acids is 1. The molecule has 2 unspecified atom stereocenters. The van der Waals surface area contributed by atoms with Gasteiger partial charge in [-0.2, -0.15) is 0 Å². The Kier molecular flexibility index (Phi) is 4.15. The van der Waals surface area contributed by atoms with Gasteiger partial charge < -0.3 is 9.47 Å². The molecule has 0 N–H and O–H groups in total. The predicted octanol–water partition coefficient (Wildman–Crippen LogP) is 2.34. The van der Waals surface area contributed by atoms with Crippen LogP contribution >= 0.6 is 0 Å². The Morgan fingerprint density at radius 1 is 1.35 bits per heavy atom. The molecule has 3 heteroatoms. The highest BCUT2D eigenvalue weighted by Gasteiger charge is 2.28. The molecule has 0 aromatic heterocycles. The van der Waals surface area contributed by atoms with Crippen molar-refractivity contribution in [2.75, 3.05) is 7.11 Å². The number of ether oxygens (including phenoxy) is 2. The number of aryl methyl sites for hydroxylation is 1. The minimum Gasteiger partial charge on any atom is -0.462 e. The zero-order chi connectivity index (χ0) is 12.1. The maximum Gasteiger partial charge on any atom is 0.308 e. The molecule has 92 valence electrons. The van der Waals surface area contributed by atoms with Gasteiger partial charge in [-0.05, 0) is 18.4 Å². The quantitative estimate of drug-likeness (QED) is 0.750. The summed E-state index contributed by atoms with van der Waals surface area (Å²) in [6.07, 6.45) is 3.04. The van der Waals surface area contributed by atoms with Gasteiger partial charge in [-0.1, -0.05) is 30.3 Å². The summed E-state index contributed by atoms with van der Waals surface area (Å²) in [6, 6.07) is 10.3. The topological polar surface area (TPSA) is 35.5 Å². The molecule has 0 radical (unpaired) electrons. The predicted molar refractivity (Wildman–Crippen MR) is 64.7 cm³/mol. The summed E-state index contributed by atoms with van der Waals surface area (Å²) in [6.45, 7) is 0. The molecule has 0 spiro atoms. The van der Waals surface area contributed by atoms with E-state index in [4.69, 9.17) is 9.47 Å². The van der Waals surface area contributed by atoms with Crippen LogP contribution in [0, 0.1) is 0 Å². The van der Waals surface area contributed by atoms with Crippen LogP contribution < -0.4 is 0 Å². The van der Waals surface area contributed by atoms with E-state index in [1.54, 1.807) is 7.11 Å². The molecule has 1 aromatic carbocycles. The third-order valence-electron chi connectivity index (χ3n) is 3.15. The van der Waals surface area contributed by atoms with Gasteiger partial charge in [0.05, 0.1) is 12.5 Å². The van der Waals surface area contributed by atoms with Crippen molar-refractivity contribution in [3.8, 4) is 0 Å². The number of cyclic esters (lactones) is 1. The molecule has 3 nitrogen and oxygen atoms in total. The first-order valence-corrected chi connectivity index (χ1v) is 6.04. The third-order valence-corrected chi connectivity index (χ3v) is 3.15. The highest BCUT2D eigenvalue weighted by Crippen LogP contribution is 2.21. The number of rotatable bonds is 4. The molecule has 0 saturated carbocycles. The lowest BCUT2D eigenvalue weighted by Gasteiger charge is -2.28. The van der Waals surface area contributed by atoms with Crippen LogP contribution in [0.2, 0.25) is 0 Å². The summed E-state index contributed by atoms with van der Waals surface area (Å²) < 4.78 is 10.6. The fraction of sp³-hybridized carbons (Fsp3) is 0.500. The monoisotopic (exact) mass is 234 g/mol. The van der Waals surface area contributed by atoms with Crippen molar-refractivity contribution in [3.63, 3.8) is 0 Å². The van der Waals surface area contributed by atoms with E-state index in [1.165, 1.54) is 5.56 Å². The SMILES string of the molecule is COC1CC(=O)OC(CCc2ccccc2)C1. The summed E-state index contributed by atoms with van der Waals surface area (Å²) in [5, 5.41) is 0. The van der Waals surface area contributed by atoms with E-state index in [1.807, 2.05) is 18.2 Å². The largest absolute Gasteiger partial charge is 0.462 e. The van der Waals surface area contributed by atoms with Crippen LogP contribution in [0.15, 0.2) is 30.3 Å². The fourth-order valence-electron chi connectivity index (χ4n) is 2.17. The van der Waals surface area contributed by atoms with Gasteiger partial charge in [0.2, 0.25) is 0 Å². The number of esters is 1. The summed E-state index contributed by atoms with van der Waals surface area (Å²) >= 11 is 0. The molecule has 1 aromatic rings. The van der Waals surface area contributed by atoms with E-state index in [0.29, 0.717) is 6.42 Å². The highest BCUT2D eigenvalue weighted by molar-refractivity contribution is 5.71. The minimum atomic E-state index is -0.138. The highest BCUT2D eigenvalue weighted by atomic mass is 16.6. The Balaban J connectivity index is 1.84. The molecule has 2 atom stereocenters. The molecule has 1 aliphatic heterocycles. The van der Waals surface area contributed by atoms with Gasteiger partial charge in [-0.3, -0.25) is 4.79 Å². The van der Waals surface area contributed by atoms with Gasteiger partial charge in [-0.15, -0.1) is 0 Å². The zero-order valence-corrected chi connectivity index (χ0v) is 10.1. The van der Waals surface area contributed by atoms with Crippen LogP contribution in [0.25, 0.3) is 0 Å². The Labute approximate surface area is 102 Å². The van der Waals surface area contributed by atoms with Crippen molar-refractivity contribution < 1.29 is 14.3 Å². The van der Waals surface area contributed by atoms with Gasteiger partial charge in [0, 0.05) is 13.5 Å². The maximum atomic E-state index is 11.4. The summed E-state index contributed by atoms with van der Waals surface area (Å²) in [5.41, 5.74) is 1.28. The van der Waals surface area contributed by atoms with Crippen LogP contribution in [0.5, 0.6) is 0 Å². The Morgan fingerprint density at radius 2 is 2.12 bits per heavy atom. The lowest BCUT2D eigenvalue weighted by Crippen LogP contribution is -2.33. The molecule has 1 heterocycles. The van der Waals surface area contributed by atoms with E-state index in [0.717, 1.165) is 19.3 Å². The van der Waals surface area contributed by atoms with Gasteiger partial charge >= 0.3 is 5.97 Å². The molecule has 1 saturated heterocycles. The van der Waals surface area contributed by atoms with Crippen molar-refractivity contribution >= 4 is 5.97 Å². The summed E-state index contributed by atoms with van der Waals surface area (Å²) in [7, 11) is 1.65. The van der Waals surface area contributed by atoms with Crippen molar-refractivity contribution in [2.45, 2.75) is 37.9 Å². The van der Waals surface area contributed by atoms with Crippen molar-refractivity contribution in [3.05, 3.63) is 35.9 Å². The molecular weight excluding hydrogens is 216 g/mol. The third kappa shape index (κ3) is 3.56. The maximum absolute atomic E-state index is 11.4. The zero-order valence-electron chi connectivity index (χ0n) is 10.1. The smallest absolute Gasteiger partial charge is 0.308 e. The average molecular weight is 234 g/mol. The van der Waals surface area contributed by atoms with Gasteiger partial charge in [-0.25, -0.2) is 0 Å². The number of carbonyl (C=O) groups is 1. The number of hydrogen-bond donors (Lipinski definition) is 0. The number of methoxy groups -OCH3 is 1. The van der Waals surface area contributed by atoms with Gasteiger partial charge in [0.15, 0.2) is 0 Å². The first kappa shape index (κ1) is 12.1. The Bertz CT molecular complexity index is 361. The van der Waals surface area contributed by atoms with Crippen LogP contribution in [-0.2, 0) is 20.7 Å². The Hall–Kier alpha value is -1.35. The standard InChI is InChI=1S/C14H18O3/c1-16-13-9-12(17-14(15)10-13)8-7-11-5-3-2-4-6-11/h2-6,12-13H,7-10H2,1H3. The van der Waals surface area contributed by atoms with Crippen LogP contribution in [0.1, 0.15) is 24.8 Å². The normalized spacial score (nSPS) is 24.4.